The molecule has 4 nitrogen and oxygen atoms in total. The average molecular weight is 274 g/mol. The Hall–Kier alpha value is -1.65. The SMILES string of the molecule is C=C(C(=O)O)C12CC(c3ccc(C)cc3)OC1CCO2. The van der Waals surface area contributed by atoms with Crippen molar-refractivity contribution >= 4 is 5.97 Å². The van der Waals surface area contributed by atoms with E-state index in [1.165, 1.54) is 5.56 Å². The van der Waals surface area contributed by atoms with Crippen LogP contribution in [0.5, 0.6) is 0 Å². The molecule has 4 heteroatoms. The van der Waals surface area contributed by atoms with Crippen molar-refractivity contribution in [1.29, 1.82) is 0 Å². The second-order valence-electron chi connectivity index (χ2n) is 5.54. The molecule has 106 valence electrons. The molecule has 2 saturated heterocycles. The van der Waals surface area contributed by atoms with E-state index < -0.39 is 11.6 Å². The average Bonchev–Trinajstić information content (AvgIpc) is 2.96. The van der Waals surface area contributed by atoms with Crippen LogP contribution in [0.25, 0.3) is 0 Å². The third kappa shape index (κ3) is 1.96. The zero-order valence-electron chi connectivity index (χ0n) is 11.5. The largest absolute Gasteiger partial charge is 0.478 e. The Bertz CT molecular complexity index is 548. The fourth-order valence-electron chi connectivity index (χ4n) is 3.13. The standard InChI is InChI=1S/C16H18O4/c1-10-3-5-12(6-4-10)13-9-16(11(2)15(17)18)14(20-13)7-8-19-16/h3-6,13-14H,2,7-9H2,1H3,(H,17,18). The second-order valence-corrected chi connectivity index (χ2v) is 5.54. The summed E-state index contributed by atoms with van der Waals surface area (Å²) in [6.45, 7) is 6.27. The lowest BCUT2D eigenvalue weighted by atomic mass is 9.85. The van der Waals surface area contributed by atoms with Crippen LogP contribution in [0.1, 0.15) is 30.1 Å². The van der Waals surface area contributed by atoms with Crippen LogP contribution in [0.2, 0.25) is 0 Å². The number of carboxylic acid groups (broad SMARTS) is 1. The smallest absolute Gasteiger partial charge is 0.334 e. The highest BCUT2D eigenvalue weighted by atomic mass is 16.6. The summed E-state index contributed by atoms with van der Waals surface area (Å²) in [5, 5.41) is 9.24. The van der Waals surface area contributed by atoms with Crippen molar-refractivity contribution in [2.75, 3.05) is 6.61 Å². The summed E-state index contributed by atoms with van der Waals surface area (Å²) in [7, 11) is 0. The first kappa shape index (κ1) is 13.3. The van der Waals surface area contributed by atoms with Gasteiger partial charge in [0.25, 0.3) is 0 Å². The van der Waals surface area contributed by atoms with Gasteiger partial charge in [0.2, 0.25) is 0 Å². The summed E-state index contributed by atoms with van der Waals surface area (Å²) in [4.78, 5) is 11.3. The number of hydrogen-bond donors (Lipinski definition) is 1. The molecule has 3 rings (SSSR count). The zero-order valence-corrected chi connectivity index (χ0v) is 11.5. The summed E-state index contributed by atoms with van der Waals surface area (Å²) in [6.07, 6.45) is 0.898. The molecule has 2 aliphatic rings. The van der Waals surface area contributed by atoms with E-state index >= 15 is 0 Å². The number of carboxylic acids is 1. The van der Waals surface area contributed by atoms with Gasteiger partial charge in [-0.3, -0.25) is 0 Å². The van der Waals surface area contributed by atoms with Crippen LogP contribution in [0.4, 0.5) is 0 Å². The first-order valence-corrected chi connectivity index (χ1v) is 6.81. The molecule has 2 fully saturated rings. The van der Waals surface area contributed by atoms with Crippen molar-refractivity contribution in [3.05, 3.63) is 47.5 Å². The Morgan fingerprint density at radius 1 is 1.40 bits per heavy atom. The van der Waals surface area contributed by atoms with Crippen molar-refractivity contribution in [3.63, 3.8) is 0 Å². The molecule has 0 bridgehead atoms. The highest BCUT2D eigenvalue weighted by Crippen LogP contribution is 2.49. The van der Waals surface area contributed by atoms with Gasteiger partial charge >= 0.3 is 5.97 Å². The summed E-state index contributed by atoms with van der Waals surface area (Å²) in [6, 6.07) is 8.12. The molecule has 0 aromatic heterocycles. The quantitative estimate of drug-likeness (QED) is 0.861. The van der Waals surface area contributed by atoms with Gasteiger partial charge in [-0.05, 0) is 12.5 Å². The first-order valence-electron chi connectivity index (χ1n) is 6.81. The van der Waals surface area contributed by atoms with Crippen molar-refractivity contribution < 1.29 is 19.4 Å². The Balaban J connectivity index is 1.88. The maximum absolute atomic E-state index is 11.3. The molecule has 1 N–H and O–H groups in total. The van der Waals surface area contributed by atoms with Gasteiger partial charge in [-0.1, -0.05) is 36.4 Å². The maximum Gasteiger partial charge on any atom is 0.334 e. The number of rotatable bonds is 3. The number of benzene rings is 1. The molecular weight excluding hydrogens is 256 g/mol. The van der Waals surface area contributed by atoms with Gasteiger partial charge < -0.3 is 14.6 Å². The van der Waals surface area contributed by atoms with Crippen LogP contribution >= 0.6 is 0 Å². The number of hydrogen-bond acceptors (Lipinski definition) is 3. The molecule has 3 atom stereocenters. The lowest BCUT2D eigenvalue weighted by Gasteiger charge is -2.26. The van der Waals surface area contributed by atoms with Crippen LogP contribution in [-0.2, 0) is 14.3 Å². The van der Waals surface area contributed by atoms with Gasteiger partial charge in [0.15, 0.2) is 0 Å². The first-order chi connectivity index (χ1) is 9.53. The van der Waals surface area contributed by atoms with Crippen molar-refractivity contribution in [3.8, 4) is 0 Å². The van der Waals surface area contributed by atoms with Gasteiger partial charge in [0.1, 0.15) is 5.60 Å². The van der Waals surface area contributed by atoms with Gasteiger partial charge in [-0.25, -0.2) is 4.79 Å². The van der Waals surface area contributed by atoms with E-state index in [0.717, 1.165) is 5.56 Å². The molecule has 3 unspecified atom stereocenters. The van der Waals surface area contributed by atoms with Gasteiger partial charge in [0, 0.05) is 12.8 Å². The van der Waals surface area contributed by atoms with Crippen LogP contribution < -0.4 is 0 Å². The van der Waals surface area contributed by atoms with Crippen LogP contribution in [-0.4, -0.2) is 29.4 Å². The minimum absolute atomic E-state index is 0.106. The van der Waals surface area contributed by atoms with E-state index in [0.29, 0.717) is 19.4 Å². The Kier molecular flexibility index (Phi) is 3.15. The molecule has 2 aliphatic heterocycles. The lowest BCUT2D eigenvalue weighted by molar-refractivity contribution is -0.136. The van der Waals surface area contributed by atoms with E-state index in [-0.39, 0.29) is 17.8 Å². The van der Waals surface area contributed by atoms with Gasteiger partial charge in [-0.15, -0.1) is 0 Å². The van der Waals surface area contributed by atoms with E-state index in [4.69, 9.17) is 9.47 Å². The van der Waals surface area contributed by atoms with E-state index in [9.17, 15) is 9.90 Å². The maximum atomic E-state index is 11.3. The molecule has 0 saturated carbocycles. The van der Waals surface area contributed by atoms with Crippen molar-refractivity contribution in [1.82, 2.24) is 0 Å². The summed E-state index contributed by atoms with van der Waals surface area (Å²) in [5.74, 6) is -1.01. The normalized spacial score (nSPS) is 32.0. The zero-order chi connectivity index (χ0) is 14.3. The summed E-state index contributed by atoms with van der Waals surface area (Å²) in [5.41, 5.74) is 1.50. The predicted molar refractivity (Wildman–Crippen MR) is 73.5 cm³/mol. The van der Waals surface area contributed by atoms with Crippen molar-refractivity contribution in [2.45, 2.75) is 37.6 Å². The van der Waals surface area contributed by atoms with Gasteiger partial charge in [0.05, 0.1) is 24.4 Å². The van der Waals surface area contributed by atoms with Gasteiger partial charge in [-0.2, -0.15) is 0 Å². The molecular formula is C16H18O4. The van der Waals surface area contributed by atoms with Crippen LogP contribution in [0.3, 0.4) is 0 Å². The molecule has 1 aromatic carbocycles. The fraction of sp³-hybridized carbons (Fsp3) is 0.438. The van der Waals surface area contributed by atoms with Crippen molar-refractivity contribution in [2.24, 2.45) is 0 Å². The highest BCUT2D eigenvalue weighted by Gasteiger charge is 2.56. The predicted octanol–water partition coefficient (Wildman–Crippen LogP) is 2.62. The third-order valence-electron chi connectivity index (χ3n) is 4.30. The summed E-state index contributed by atoms with van der Waals surface area (Å²) >= 11 is 0. The Morgan fingerprint density at radius 3 is 2.75 bits per heavy atom. The Labute approximate surface area is 118 Å². The number of carbonyl (C=O) groups is 1. The molecule has 0 radical (unpaired) electrons. The molecule has 0 spiro atoms. The topological polar surface area (TPSA) is 55.8 Å². The van der Waals surface area contributed by atoms with E-state index in [2.05, 4.69) is 6.58 Å². The number of aryl methyl sites for hydroxylation is 1. The second kappa shape index (κ2) is 4.72. The monoisotopic (exact) mass is 274 g/mol. The Morgan fingerprint density at radius 2 is 2.10 bits per heavy atom. The number of fused-ring (bicyclic) bond motifs is 1. The molecule has 1 aromatic rings. The fourth-order valence-corrected chi connectivity index (χ4v) is 3.13. The number of ether oxygens (including phenoxy) is 2. The van der Waals surface area contributed by atoms with Crippen LogP contribution in [0.15, 0.2) is 36.4 Å². The third-order valence-corrected chi connectivity index (χ3v) is 4.30. The summed E-state index contributed by atoms with van der Waals surface area (Å²) < 4.78 is 11.8. The minimum Gasteiger partial charge on any atom is -0.478 e. The van der Waals surface area contributed by atoms with Crippen LogP contribution in [0, 0.1) is 6.92 Å². The lowest BCUT2D eigenvalue weighted by Crippen LogP contribution is -2.39. The molecule has 20 heavy (non-hydrogen) atoms. The molecule has 0 amide bonds. The van der Waals surface area contributed by atoms with E-state index in [1.807, 2.05) is 31.2 Å². The molecule has 0 aliphatic carbocycles. The number of aliphatic carboxylic acids is 1. The molecule has 2 heterocycles. The highest BCUT2D eigenvalue weighted by molar-refractivity contribution is 5.88. The van der Waals surface area contributed by atoms with E-state index in [1.54, 1.807) is 0 Å². The minimum atomic E-state index is -1.01.